The number of fused-ring (bicyclic) bond motifs is 10. The Morgan fingerprint density at radius 3 is 1.08 bits per heavy atom. The largest absolute Gasteiger partial charge is 0.280 e. The lowest BCUT2D eigenvalue weighted by atomic mass is 9.81. The number of nitrogens with zero attached hydrogens (tertiary/aromatic N) is 2. The van der Waals surface area contributed by atoms with Crippen molar-refractivity contribution in [3.63, 3.8) is 0 Å². The van der Waals surface area contributed by atoms with Crippen molar-refractivity contribution in [2.75, 3.05) is 13.1 Å². The molecule has 8 atom stereocenters. The first kappa shape index (κ1) is 15.3. The van der Waals surface area contributed by atoms with Crippen LogP contribution in [0.1, 0.15) is 38.5 Å². The minimum Gasteiger partial charge on any atom is -0.280 e. The van der Waals surface area contributed by atoms with Crippen LogP contribution in [0.2, 0.25) is 0 Å². The van der Waals surface area contributed by atoms with Crippen molar-refractivity contribution in [2.45, 2.75) is 38.5 Å². The van der Waals surface area contributed by atoms with E-state index in [1.165, 1.54) is 9.80 Å². The molecule has 6 fully saturated rings. The number of carbonyl (C=O) groups is 4. The maximum Gasteiger partial charge on any atom is 0.233 e. The standard InChI is InChI=1S/C20H24N2O4/c23-17-13-9-1-2-10(7-9)14(13)18(24)21(17)5-6-22-19(25)15-11-3-4-12(8-11)16(15)20(22)26/h9-16H,1-8H2. The molecule has 138 valence electrons. The summed E-state index contributed by atoms with van der Waals surface area (Å²) in [7, 11) is 0. The summed E-state index contributed by atoms with van der Waals surface area (Å²) in [6.45, 7) is 0.382. The zero-order valence-corrected chi connectivity index (χ0v) is 14.8. The number of rotatable bonds is 3. The van der Waals surface area contributed by atoms with E-state index in [1.807, 2.05) is 0 Å². The van der Waals surface area contributed by atoms with Gasteiger partial charge in [-0.2, -0.15) is 0 Å². The van der Waals surface area contributed by atoms with Gasteiger partial charge in [0.25, 0.3) is 0 Å². The van der Waals surface area contributed by atoms with Crippen molar-refractivity contribution >= 4 is 23.6 Å². The lowest BCUT2D eigenvalue weighted by molar-refractivity contribution is -0.146. The molecule has 0 spiro atoms. The third-order valence-electron chi connectivity index (χ3n) is 8.58. The van der Waals surface area contributed by atoms with Gasteiger partial charge in [0.2, 0.25) is 23.6 Å². The molecule has 2 saturated heterocycles. The van der Waals surface area contributed by atoms with Crippen molar-refractivity contribution < 1.29 is 19.2 Å². The van der Waals surface area contributed by atoms with Gasteiger partial charge in [-0.1, -0.05) is 0 Å². The van der Waals surface area contributed by atoms with E-state index in [2.05, 4.69) is 0 Å². The Bertz CT molecular complexity index is 630. The van der Waals surface area contributed by atoms with Gasteiger partial charge < -0.3 is 0 Å². The monoisotopic (exact) mass is 356 g/mol. The minimum atomic E-state index is -0.124. The topological polar surface area (TPSA) is 74.8 Å². The number of hydrogen-bond acceptors (Lipinski definition) is 4. The average Bonchev–Trinajstić information content (AvgIpc) is 3.43. The highest BCUT2D eigenvalue weighted by Crippen LogP contribution is 2.57. The Morgan fingerprint density at radius 1 is 0.538 bits per heavy atom. The van der Waals surface area contributed by atoms with Crippen LogP contribution < -0.4 is 0 Å². The van der Waals surface area contributed by atoms with Crippen LogP contribution >= 0.6 is 0 Å². The zero-order chi connectivity index (χ0) is 17.7. The van der Waals surface area contributed by atoms with Gasteiger partial charge in [0.15, 0.2) is 0 Å². The molecule has 4 amide bonds. The maximum absolute atomic E-state index is 12.8. The van der Waals surface area contributed by atoms with Crippen molar-refractivity contribution in [1.82, 2.24) is 9.80 Å². The number of amides is 4. The Labute approximate surface area is 152 Å². The van der Waals surface area contributed by atoms with Gasteiger partial charge in [-0.15, -0.1) is 0 Å². The molecule has 26 heavy (non-hydrogen) atoms. The first-order chi connectivity index (χ1) is 12.6. The highest BCUT2D eigenvalue weighted by molar-refractivity contribution is 6.07. The van der Waals surface area contributed by atoms with E-state index in [4.69, 9.17) is 0 Å². The lowest BCUT2D eigenvalue weighted by Gasteiger charge is -2.22. The van der Waals surface area contributed by atoms with Gasteiger partial charge in [-0.25, -0.2) is 0 Å². The van der Waals surface area contributed by atoms with Crippen LogP contribution in [0.15, 0.2) is 0 Å². The molecule has 6 nitrogen and oxygen atoms in total. The molecule has 8 unspecified atom stereocenters. The van der Waals surface area contributed by atoms with E-state index < -0.39 is 0 Å². The summed E-state index contributed by atoms with van der Waals surface area (Å²) in [6, 6.07) is 0. The van der Waals surface area contributed by atoms with E-state index >= 15 is 0 Å². The fourth-order valence-electron chi connectivity index (χ4n) is 7.58. The van der Waals surface area contributed by atoms with Gasteiger partial charge in [0, 0.05) is 13.1 Å². The van der Waals surface area contributed by atoms with Crippen molar-refractivity contribution in [1.29, 1.82) is 0 Å². The summed E-state index contributed by atoms with van der Waals surface area (Å²) in [6.07, 6.45) is 6.30. The quantitative estimate of drug-likeness (QED) is 0.709. The van der Waals surface area contributed by atoms with Crippen LogP contribution in [0.3, 0.4) is 0 Å². The summed E-state index contributed by atoms with van der Waals surface area (Å²) in [5.41, 5.74) is 0. The van der Waals surface area contributed by atoms with E-state index in [-0.39, 0.29) is 60.4 Å². The Kier molecular flexibility index (Phi) is 2.93. The van der Waals surface area contributed by atoms with Crippen LogP contribution in [0.4, 0.5) is 0 Å². The summed E-state index contributed by atoms with van der Waals surface area (Å²) in [5, 5.41) is 0. The molecule has 0 aromatic carbocycles. The third kappa shape index (κ3) is 1.69. The van der Waals surface area contributed by atoms with E-state index in [9.17, 15) is 19.2 Å². The molecular weight excluding hydrogens is 332 g/mol. The fraction of sp³-hybridized carbons (Fsp3) is 0.800. The zero-order valence-electron chi connectivity index (χ0n) is 14.8. The van der Waals surface area contributed by atoms with Crippen LogP contribution in [-0.2, 0) is 19.2 Å². The SMILES string of the molecule is O=C1C2C3CCC(C3)C2C(=O)N1CCN1C(=O)C2C3CCC(C3)C2C1=O. The normalized spacial score (nSPS) is 48.3. The predicted molar refractivity (Wildman–Crippen MR) is 89.1 cm³/mol. The first-order valence-corrected chi connectivity index (χ1v) is 10.3. The molecule has 4 bridgehead atoms. The van der Waals surface area contributed by atoms with Crippen molar-refractivity contribution in [2.24, 2.45) is 47.3 Å². The van der Waals surface area contributed by atoms with Crippen LogP contribution in [0.25, 0.3) is 0 Å². The molecule has 6 heteroatoms. The number of hydrogen-bond donors (Lipinski definition) is 0. The van der Waals surface area contributed by atoms with Crippen molar-refractivity contribution in [3.05, 3.63) is 0 Å². The van der Waals surface area contributed by atoms with Gasteiger partial charge in [-0.3, -0.25) is 29.0 Å². The third-order valence-corrected chi connectivity index (χ3v) is 8.58. The minimum absolute atomic E-state index is 0.0495. The van der Waals surface area contributed by atoms with Crippen LogP contribution in [0.5, 0.6) is 0 Å². The summed E-state index contributed by atoms with van der Waals surface area (Å²) in [4.78, 5) is 53.9. The molecule has 0 N–H and O–H groups in total. The molecule has 6 rings (SSSR count). The molecule has 4 saturated carbocycles. The summed E-state index contributed by atoms with van der Waals surface area (Å²) >= 11 is 0. The molecule has 2 aliphatic heterocycles. The van der Waals surface area contributed by atoms with Crippen LogP contribution in [-0.4, -0.2) is 46.5 Å². The number of likely N-dealkylation sites (tertiary alicyclic amines) is 2. The molecule has 2 heterocycles. The molecule has 0 radical (unpaired) electrons. The summed E-state index contributed by atoms with van der Waals surface area (Å²) < 4.78 is 0. The van der Waals surface area contributed by atoms with Gasteiger partial charge in [0.1, 0.15) is 0 Å². The van der Waals surface area contributed by atoms with E-state index in [0.29, 0.717) is 23.7 Å². The second-order valence-electron chi connectivity index (χ2n) is 9.43. The first-order valence-electron chi connectivity index (χ1n) is 10.3. The second-order valence-corrected chi connectivity index (χ2v) is 9.43. The molecule has 4 aliphatic carbocycles. The molecular formula is C20H24N2O4. The van der Waals surface area contributed by atoms with E-state index in [0.717, 1.165) is 38.5 Å². The molecule has 6 aliphatic rings. The van der Waals surface area contributed by atoms with E-state index in [1.54, 1.807) is 0 Å². The smallest absolute Gasteiger partial charge is 0.233 e. The molecule has 0 aromatic heterocycles. The summed E-state index contributed by atoms with van der Waals surface area (Å²) in [5.74, 6) is 0.794. The molecule has 0 aromatic rings. The number of carbonyl (C=O) groups excluding carboxylic acids is 4. The lowest BCUT2D eigenvalue weighted by Crippen LogP contribution is -2.42. The second kappa shape index (κ2) is 4.96. The highest BCUT2D eigenvalue weighted by Gasteiger charge is 2.62. The Hall–Kier alpha value is -1.72. The number of imide groups is 2. The fourth-order valence-corrected chi connectivity index (χ4v) is 7.58. The Morgan fingerprint density at radius 2 is 0.808 bits per heavy atom. The van der Waals surface area contributed by atoms with Crippen molar-refractivity contribution in [3.8, 4) is 0 Å². The van der Waals surface area contributed by atoms with Gasteiger partial charge in [-0.05, 0) is 62.2 Å². The Balaban J connectivity index is 1.18. The average molecular weight is 356 g/mol. The highest BCUT2D eigenvalue weighted by atomic mass is 16.2. The maximum atomic E-state index is 12.8. The van der Waals surface area contributed by atoms with Gasteiger partial charge in [0.05, 0.1) is 23.7 Å². The van der Waals surface area contributed by atoms with Crippen LogP contribution in [0, 0.1) is 47.3 Å². The predicted octanol–water partition coefficient (Wildman–Crippen LogP) is 1.05. The van der Waals surface area contributed by atoms with Gasteiger partial charge >= 0.3 is 0 Å².